The molecule has 1 atom stereocenters. The summed E-state index contributed by atoms with van der Waals surface area (Å²) in [6, 6.07) is 10.8. The van der Waals surface area contributed by atoms with Crippen molar-refractivity contribution in [2.45, 2.75) is 6.04 Å². The van der Waals surface area contributed by atoms with Gasteiger partial charge in [0.2, 0.25) is 5.78 Å². The van der Waals surface area contributed by atoms with Gasteiger partial charge in [0.1, 0.15) is 23.4 Å². The number of hydrogen-bond donors (Lipinski definition) is 1. The number of methoxy groups -OCH3 is 2. The van der Waals surface area contributed by atoms with Gasteiger partial charge in [0.15, 0.2) is 16.7 Å². The Morgan fingerprint density at radius 3 is 2.71 bits per heavy atom. The average molecular weight is 480 g/mol. The van der Waals surface area contributed by atoms with Crippen LogP contribution in [-0.2, 0) is 4.79 Å². The minimum Gasteiger partial charge on any atom is -0.503 e. The number of nitrogens with zero attached hydrogens (tertiary/aromatic N) is 2. The number of aliphatic hydroxyl groups is 1. The molecule has 0 aliphatic carbocycles. The standard InChI is InChI=1S/C24H17FN2O6S/c1-31-13-6-8-16(32-2)14(11-13)20-19(21(28)17-4-3-9-33-17)22(29)23(30)27(20)24-26-15-7-5-12(25)10-18(15)34-24/h3-11,20,29H,1-2H3/t20-/m0/s1. The van der Waals surface area contributed by atoms with Crippen molar-refractivity contribution in [3.8, 4) is 11.5 Å². The van der Waals surface area contributed by atoms with E-state index in [1.54, 1.807) is 18.2 Å². The van der Waals surface area contributed by atoms with E-state index in [4.69, 9.17) is 13.9 Å². The number of carbonyl (C=O) groups excluding carboxylic acids is 2. The predicted molar refractivity (Wildman–Crippen MR) is 122 cm³/mol. The molecule has 2 aromatic heterocycles. The number of ketones is 1. The molecule has 0 saturated carbocycles. The molecular formula is C24H17FN2O6S. The minimum absolute atomic E-state index is 0.0468. The molecule has 0 saturated heterocycles. The van der Waals surface area contributed by atoms with Crippen LogP contribution in [0.2, 0.25) is 0 Å². The summed E-state index contributed by atoms with van der Waals surface area (Å²) in [5.74, 6) is -1.92. The van der Waals surface area contributed by atoms with Gasteiger partial charge in [-0.2, -0.15) is 0 Å². The first-order valence-corrected chi connectivity index (χ1v) is 10.9. The largest absolute Gasteiger partial charge is 0.503 e. The summed E-state index contributed by atoms with van der Waals surface area (Å²) < 4.78 is 30.4. The summed E-state index contributed by atoms with van der Waals surface area (Å²) in [7, 11) is 2.93. The number of benzene rings is 2. The van der Waals surface area contributed by atoms with Crippen LogP contribution in [-0.4, -0.2) is 36.0 Å². The van der Waals surface area contributed by atoms with Gasteiger partial charge in [-0.1, -0.05) is 11.3 Å². The van der Waals surface area contributed by atoms with Crippen LogP contribution in [0.5, 0.6) is 11.5 Å². The monoisotopic (exact) mass is 480 g/mol. The normalized spacial score (nSPS) is 15.9. The first-order chi connectivity index (χ1) is 16.4. The molecule has 1 amide bonds. The Morgan fingerprint density at radius 2 is 2.00 bits per heavy atom. The van der Waals surface area contributed by atoms with Crippen molar-refractivity contribution >= 4 is 38.4 Å². The number of fused-ring (bicyclic) bond motifs is 1. The summed E-state index contributed by atoms with van der Waals surface area (Å²) in [6.45, 7) is 0. The van der Waals surface area contributed by atoms with Crippen LogP contribution in [0.1, 0.15) is 22.2 Å². The highest BCUT2D eigenvalue weighted by molar-refractivity contribution is 7.22. The molecular weight excluding hydrogens is 463 g/mol. The number of aliphatic hydroxyl groups excluding tert-OH is 1. The van der Waals surface area contributed by atoms with E-state index in [2.05, 4.69) is 4.98 Å². The number of hydrogen-bond acceptors (Lipinski definition) is 8. The van der Waals surface area contributed by atoms with Crippen molar-refractivity contribution in [3.05, 3.63) is 83.3 Å². The first-order valence-electron chi connectivity index (χ1n) is 10.1. The van der Waals surface area contributed by atoms with Crippen LogP contribution in [0.15, 0.2) is 70.5 Å². The zero-order valence-corrected chi connectivity index (χ0v) is 18.8. The van der Waals surface area contributed by atoms with Gasteiger partial charge < -0.3 is 19.0 Å². The molecule has 34 heavy (non-hydrogen) atoms. The Kier molecular flexibility index (Phi) is 5.29. The van der Waals surface area contributed by atoms with E-state index in [1.165, 1.54) is 55.7 Å². The van der Waals surface area contributed by atoms with E-state index >= 15 is 0 Å². The summed E-state index contributed by atoms with van der Waals surface area (Å²) in [4.78, 5) is 32.4. The Bertz CT molecular complexity index is 1460. The third kappa shape index (κ3) is 3.39. The van der Waals surface area contributed by atoms with Gasteiger partial charge in [0.25, 0.3) is 5.91 Å². The number of anilines is 1. The number of carbonyl (C=O) groups is 2. The number of thiazole rings is 1. The van der Waals surface area contributed by atoms with Crippen molar-refractivity contribution in [1.29, 1.82) is 0 Å². The molecule has 0 spiro atoms. The molecule has 0 bridgehead atoms. The lowest BCUT2D eigenvalue weighted by Gasteiger charge is -2.26. The number of Topliss-reactive ketones (excluding diaryl/α,β-unsaturated/α-hetero) is 1. The van der Waals surface area contributed by atoms with Crippen molar-refractivity contribution < 1.29 is 33.0 Å². The molecule has 8 nitrogen and oxygen atoms in total. The molecule has 1 N–H and O–H groups in total. The van der Waals surface area contributed by atoms with Crippen molar-refractivity contribution in [2.24, 2.45) is 0 Å². The highest BCUT2D eigenvalue weighted by atomic mass is 32.1. The Labute approximate surface area is 196 Å². The average Bonchev–Trinajstić information content (AvgIpc) is 3.57. The van der Waals surface area contributed by atoms with E-state index in [0.29, 0.717) is 27.3 Å². The second-order valence-corrected chi connectivity index (χ2v) is 8.37. The molecule has 0 radical (unpaired) electrons. The molecule has 0 fully saturated rings. The van der Waals surface area contributed by atoms with E-state index in [0.717, 1.165) is 11.3 Å². The maximum Gasteiger partial charge on any atom is 0.296 e. The molecule has 172 valence electrons. The van der Waals surface area contributed by atoms with Gasteiger partial charge in [0.05, 0.1) is 36.3 Å². The molecule has 5 rings (SSSR count). The zero-order chi connectivity index (χ0) is 24.0. The third-order valence-electron chi connectivity index (χ3n) is 5.47. The fourth-order valence-electron chi connectivity index (χ4n) is 3.91. The molecule has 3 heterocycles. The highest BCUT2D eigenvalue weighted by Gasteiger charge is 2.47. The van der Waals surface area contributed by atoms with Crippen molar-refractivity contribution in [1.82, 2.24) is 4.98 Å². The van der Waals surface area contributed by atoms with Gasteiger partial charge >= 0.3 is 0 Å². The highest BCUT2D eigenvalue weighted by Crippen LogP contribution is 2.47. The van der Waals surface area contributed by atoms with Crippen LogP contribution < -0.4 is 14.4 Å². The van der Waals surface area contributed by atoms with Crippen LogP contribution >= 0.6 is 11.3 Å². The zero-order valence-electron chi connectivity index (χ0n) is 17.9. The summed E-state index contributed by atoms with van der Waals surface area (Å²) in [5, 5.41) is 11.0. The fourth-order valence-corrected chi connectivity index (χ4v) is 4.93. The van der Waals surface area contributed by atoms with Crippen molar-refractivity contribution in [2.75, 3.05) is 19.1 Å². The number of halogens is 1. The minimum atomic E-state index is -1.11. The second kappa shape index (κ2) is 8.31. The number of ether oxygens (including phenoxy) is 2. The lowest BCUT2D eigenvalue weighted by atomic mass is 9.94. The lowest BCUT2D eigenvalue weighted by molar-refractivity contribution is -0.117. The molecule has 2 aromatic carbocycles. The maximum absolute atomic E-state index is 13.8. The first kappa shape index (κ1) is 21.7. The summed E-state index contributed by atoms with van der Waals surface area (Å²) in [6.07, 6.45) is 1.32. The number of amides is 1. The lowest BCUT2D eigenvalue weighted by Crippen LogP contribution is -2.31. The number of aromatic nitrogens is 1. The van der Waals surface area contributed by atoms with Crippen LogP contribution in [0.3, 0.4) is 0 Å². The van der Waals surface area contributed by atoms with E-state index in [9.17, 15) is 19.1 Å². The molecule has 0 unspecified atom stereocenters. The number of rotatable bonds is 6. The Balaban J connectivity index is 1.74. The third-order valence-corrected chi connectivity index (χ3v) is 6.49. The number of furan rings is 1. The van der Waals surface area contributed by atoms with Gasteiger partial charge in [-0.25, -0.2) is 9.37 Å². The van der Waals surface area contributed by atoms with Crippen molar-refractivity contribution in [3.63, 3.8) is 0 Å². The second-order valence-electron chi connectivity index (χ2n) is 7.36. The predicted octanol–water partition coefficient (Wildman–Crippen LogP) is 4.83. The maximum atomic E-state index is 13.8. The van der Waals surface area contributed by atoms with Crippen LogP contribution in [0.25, 0.3) is 10.2 Å². The molecule has 4 aromatic rings. The fraction of sp³-hybridized carbons (Fsp3) is 0.125. The SMILES string of the molecule is COc1ccc(OC)c([C@H]2C(C(=O)c3ccco3)=C(O)C(=O)N2c2nc3ccc(F)cc3s2)c1. The smallest absolute Gasteiger partial charge is 0.296 e. The van der Waals surface area contributed by atoms with E-state index in [-0.39, 0.29) is 16.5 Å². The summed E-state index contributed by atoms with van der Waals surface area (Å²) in [5.41, 5.74) is 0.660. The quantitative estimate of drug-likeness (QED) is 0.395. The van der Waals surface area contributed by atoms with Gasteiger partial charge in [0, 0.05) is 5.56 Å². The van der Waals surface area contributed by atoms with Crippen LogP contribution in [0.4, 0.5) is 9.52 Å². The topological polar surface area (TPSA) is 102 Å². The van der Waals surface area contributed by atoms with Gasteiger partial charge in [-0.15, -0.1) is 0 Å². The Hall–Kier alpha value is -4.18. The molecule has 1 aliphatic rings. The van der Waals surface area contributed by atoms with Gasteiger partial charge in [-0.05, 0) is 48.5 Å². The Morgan fingerprint density at radius 1 is 1.18 bits per heavy atom. The van der Waals surface area contributed by atoms with Crippen LogP contribution in [0, 0.1) is 5.82 Å². The molecule has 1 aliphatic heterocycles. The van der Waals surface area contributed by atoms with Gasteiger partial charge in [-0.3, -0.25) is 14.5 Å². The van der Waals surface area contributed by atoms with E-state index in [1.807, 2.05) is 0 Å². The molecule has 10 heteroatoms. The summed E-state index contributed by atoms with van der Waals surface area (Å²) >= 11 is 1.06. The van der Waals surface area contributed by atoms with E-state index < -0.39 is 29.3 Å².